The second kappa shape index (κ2) is 9.78. The molecule has 3 aromatic heterocycles. The van der Waals surface area contributed by atoms with Gasteiger partial charge in [-0.15, -0.1) is 0 Å². The molecule has 204 valence electrons. The zero-order valence-electron chi connectivity index (χ0n) is 23.9. The van der Waals surface area contributed by atoms with Crippen LogP contribution in [-0.2, 0) is 5.41 Å². The fourth-order valence-corrected chi connectivity index (χ4v) is 5.97. The molecule has 5 nitrogen and oxygen atoms in total. The second-order valence-electron chi connectivity index (χ2n) is 11.4. The fourth-order valence-electron chi connectivity index (χ4n) is 5.97. The van der Waals surface area contributed by atoms with Gasteiger partial charge in [0.25, 0.3) is 0 Å². The number of hydrogen-bond donors (Lipinski definition) is 0. The van der Waals surface area contributed by atoms with Crippen molar-refractivity contribution in [3.63, 3.8) is 0 Å². The molecule has 0 N–H and O–H groups in total. The quantitative estimate of drug-likeness (QED) is 0.218. The van der Waals surface area contributed by atoms with E-state index in [4.69, 9.17) is 19.9 Å². The predicted octanol–water partition coefficient (Wildman–Crippen LogP) is 8.79. The number of aromatic nitrogens is 5. The minimum atomic E-state index is -0.344. The Bertz CT molecular complexity index is 2140. The maximum atomic E-state index is 5.33. The molecule has 4 aromatic carbocycles. The molecule has 0 unspecified atom stereocenters. The second-order valence-corrected chi connectivity index (χ2v) is 11.4. The van der Waals surface area contributed by atoms with Crippen molar-refractivity contribution in [3.05, 3.63) is 139 Å². The Labute approximate surface area is 250 Å². The van der Waals surface area contributed by atoms with Gasteiger partial charge in [-0.3, -0.25) is 0 Å². The van der Waals surface area contributed by atoms with Crippen LogP contribution >= 0.6 is 0 Å². The minimum absolute atomic E-state index is 0.344. The summed E-state index contributed by atoms with van der Waals surface area (Å²) in [6.45, 7) is 4.42. The molecular weight excluding hydrogens is 526 g/mol. The Hall–Kier alpha value is -5.55. The van der Waals surface area contributed by atoms with Gasteiger partial charge in [-0.2, -0.15) is 0 Å². The lowest BCUT2D eigenvalue weighted by atomic mass is 9.85. The van der Waals surface area contributed by atoms with Crippen molar-refractivity contribution >= 4 is 10.9 Å². The molecule has 0 fully saturated rings. The molecule has 0 radical (unpaired) electrons. The zero-order chi connectivity index (χ0) is 29.0. The van der Waals surface area contributed by atoms with Crippen LogP contribution in [0.15, 0.2) is 128 Å². The van der Waals surface area contributed by atoms with E-state index in [0.717, 1.165) is 72.9 Å². The number of hydrogen-bond acceptors (Lipinski definition) is 5. The van der Waals surface area contributed by atoms with E-state index >= 15 is 0 Å². The van der Waals surface area contributed by atoms with E-state index in [-0.39, 0.29) is 5.41 Å². The molecule has 0 atom stereocenters. The number of benzene rings is 4. The van der Waals surface area contributed by atoms with Gasteiger partial charge in [-0.05, 0) is 31.5 Å². The molecule has 0 amide bonds. The predicted molar refractivity (Wildman–Crippen MR) is 172 cm³/mol. The van der Waals surface area contributed by atoms with Crippen LogP contribution < -0.4 is 0 Å². The number of nitrogens with zero attached hydrogens (tertiary/aromatic N) is 5. The van der Waals surface area contributed by atoms with Crippen molar-refractivity contribution in [1.29, 1.82) is 0 Å². The van der Waals surface area contributed by atoms with Gasteiger partial charge >= 0.3 is 0 Å². The van der Waals surface area contributed by atoms with E-state index in [1.807, 2.05) is 72.9 Å². The van der Waals surface area contributed by atoms with Gasteiger partial charge in [0.2, 0.25) is 0 Å². The molecule has 5 heteroatoms. The summed E-state index contributed by atoms with van der Waals surface area (Å²) in [4.78, 5) is 25.4. The van der Waals surface area contributed by atoms with Crippen molar-refractivity contribution in [2.75, 3.05) is 0 Å². The normalized spacial score (nSPS) is 13.1. The van der Waals surface area contributed by atoms with E-state index in [9.17, 15) is 0 Å². The first-order valence-corrected chi connectivity index (χ1v) is 14.4. The number of pyridine rings is 1. The molecule has 1 aliphatic carbocycles. The largest absolute Gasteiger partial charge is 0.247 e. The third-order valence-electron chi connectivity index (χ3n) is 8.29. The summed E-state index contributed by atoms with van der Waals surface area (Å²) in [5.74, 6) is 0.709. The van der Waals surface area contributed by atoms with E-state index in [2.05, 4.69) is 73.4 Å². The van der Waals surface area contributed by atoms with E-state index in [0.29, 0.717) is 5.82 Å². The Morgan fingerprint density at radius 1 is 0.488 bits per heavy atom. The van der Waals surface area contributed by atoms with Crippen molar-refractivity contribution in [2.24, 2.45) is 0 Å². The van der Waals surface area contributed by atoms with Gasteiger partial charge in [0.1, 0.15) is 5.69 Å². The van der Waals surface area contributed by atoms with Crippen molar-refractivity contribution in [2.45, 2.75) is 19.3 Å². The van der Waals surface area contributed by atoms with Crippen LogP contribution in [-0.4, -0.2) is 24.9 Å². The van der Waals surface area contributed by atoms with Gasteiger partial charge in [0.15, 0.2) is 5.82 Å². The summed E-state index contributed by atoms with van der Waals surface area (Å²) >= 11 is 0. The number of fused-ring (bicyclic) bond motifs is 4. The standard InChI is InChI=1S/C38H27N5/c1-38(2)29-20-21-30(27-18-19-28-23-39-37(41-31(28)22-27)26-16-10-5-11-17-26)40-34(29)35-36(38)43-33(25-14-8-4-9-15-25)32(42-35)24-12-6-3-7-13-24/h3-23H,1-2H3. The molecule has 0 spiro atoms. The maximum absolute atomic E-state index is 5.33. The van der Waals surface area contributed by atoms with E-state index in [1.165, 1.54) is 0 Å². The van der Waals surface area contributed by atoms with Crippen LogP contribution in [0.25, 0.3) is 67.5 Å². The smallest absolute Gasteiger partial charge is 0.159 e. The zero-order valence-corrected chi connectivity index (χ0v) is 23.9. The third kappa shape index (κ3) is 4.20. The SMILES string of the molecule is CC1(C)c2ccc(-c3ccc4cnc(-c5ccccc5)nc4c3)nc2-c2nc(-c3ccccc3)c(-c3ccccc3)nc21. The summed E-state index contributed by atoms with van der Waals surface area (Å²) in [7, 11) is 0. The fraction of sp³-hybridized carbons (Fsp3) is 0.0789. The molecular formula is C38H27N5. The molecule has 1 aliphatic rings. The lowest BCUT2D eigenvalue weighted by Crippen LogP contribution is -2.17. The molecule has 0 saturated heterocycles. The van der Waals surface area contributed by atoms with Crippen LogP contribution in [0.5, 0.6) is 0 Å². The summed E-state index contributed by atoms with van der Waals surface area (Å²) in [5, 5.41) is 0.989. The first-order chi connectivity index (χ1) is 21.1. The molecule has 7 aromatic rings. The Morgan fingerprint density at radius 2 is 1.12 bits per heavy atom. The molecule has 43 heavy (non-hydrogen) atoms. The van der Waals surface area contributed by atoms with Gasteiger partial charge in [0, 0.05) is 39.3 Å². The topological polar surface area (TPSA) is 64.5 Å². The summed E-state index contributed by atoms with van der Waals surface area (Å²) in [5.41, 5.74) is 11.0. The third-order valence-corrected chi connectivity index (χ3v) is 8.29. The van der Waals surface area contributed by atoms with Crippen molar-refractivity contribution in [3.8, 4) is 56.5 Å². The van der Waals surface area contributed by atoms with Crippen LogP contribution in [0.1, 0.15) is 25.1 Å². The van der Waals surface area contributed by atoms with Crippen molar-refractivity contribution in [1.82, 2.24) is 24.9 Å². The first-order valence-electron chi connectivity index (χ1n) is 14.4. The van der Waals surface area contributed by atoms with Crippen LogP contribution in [0.3, 0.4) is 0 Å². The molecule has 3 heterocycles. The molecule has 8 rings (SSSR count). The molecule has 0 saturated carbocycles. The summed E-state index contributed by atoms with van der Waals surface area (Å²) in [6, 6.07) is 41.2. The molecule has 0 aliphatic heterocycles. The van der Waals surface area contributed by atoms with Gasteiger partial charge < -0.3 is 0 Å². The lowest BCUT2D eigenvalue weighted by Gasteiger charge is -2.21. The minimum Gasteiger partial charge on any atom is -0.247 e. The monoisotopic (exact) mass is 553 g/mol. The highest BCUT2D eigenvalue weighted by atomic mass is 14.9. The van der Waals surface area contributed by atoms with Crippen LogP contribution in [0, 0.1) is 0 Å². The Kier molecular flexibility index (Phi) is 5.73. The van der Waals surface area contributed by atoms with Gasteiger partial charge in [0.05, 0.1) is 34.0 Å². The van der Waals surface area contributed by atoms with E-state index < -0.39 is 0 Å². The van der Waals surface area contributed by atoms with Crippen LogP contribution in [0.4, 0.5) is 0 Å². The van der Waals surface area contributed by atoms with Gasteiger partial charge in [-0.25, -0.2) is 24.9 Å². The summed E-state index contributed by atoms with van der Waals surface area (Å²) in [6.07, 6.45) is 1.88. The van der Waals surface area contributed by atoms with Crippen LogP contribution in [0.2, 0.25) is 0 Å². The lowest BCUT2D eigenvalue weighted by molar-refractivity contribution is 0.635. The Balaban J connectivity index is 1.28. The number of rotatable bonds is 4. The van der Waals surface area contributed by atoms with Gasteiger partial charge in [-0.1, -0.05) is 109 Å². The Morgan fingerprint density at radius 3 is 1.79 bits per heavy atom. The maximum Gasteiger partial charge on any atom is 0.159 e. The highest BCUT2D eigenvalue weighted by Gasteiger charge is 2.40. The summed E-state index contributed by atoms with van der Waals surface area (Å²) < 4.78 is 0. The highest BCUT2D eigenvalue weighted by molar-refractivity contribution is 5.87. The molecule has 0 bridgehead atoms. The highest BCUT2D eigenvalue weighted by Crippen LogP contribution is 2.48. The first kappa shape index (κ1) is 25.2. The van der Waals surface area contributed by atoms with Crippen molar-refractivity contribution < 1.29 is 0 Å². The average Bonchev–Trinajstić information content (AvgIpc) is 3.29. The average molecular weight is 554 g/mol. The van der Waals surface area contributed by atoms with E-state index in [1.54, 1.807) is 0 Å².